The molecule has 1 amide bonds. The van der Waals surface area contributed by atoms with E-state index in [2.05, 4.69) is 17.2 Å². The summed E-state index contributed by atoms with van der Waals surface area (Å²) >= 11 is 0. The molecule has 0 unspecified atom stereocenters. The minimum absolute atomic E-state index is 0. The maximum atomic E-state index is 11.6. The van der Waals surface area contributed by atoms with Crippen LogP contribution in [0, 0.1) is 0 Å². The van der Waals surface area contributed by atoms with Crippen LogP contribution in [-0.4, -0.2) is 26.1 Å². The number of nitrogens with one attached hydrogen (secondary N) is 2. The van der Waals surface area contributed by atoms with Crippen molar-refractivity contribution >= 4 is 18.3 Å². The first-order chi connectivity index (χ1) is 9.27. The molecule has 0 fully saturated rings. The quantitative estimate of drug-likeness (QED) is 0.543. The van der Waals surface area contributed by atoms with E-state index >= 15 is 0 Å². The molecule has 1 aromatic rings. The van der Waals surface area contributed by atoms with Crippen molar-refractivity contribution in [3.63, 3.8) is 0 Å². The highest BCUT2D eigenvalue weighted by atomic mass is 35.5. The van der Waals surface area contributed by atoms with Crippen LogP contribution < -0.4 is 15.4 Å². The van der Waals surface area contributed by atoms with Gasteiger partial charge in [-0.05, 0) is 26.1 Å². The Balaban J connectivity index is 0.00000361. The fourth-order valence-electron chi connectivity index (χ4n) is 1.65. The molecule has 0 saturated heterocycles. The van der Waals surface area contributed by atoms with E-state index in [0.29, 0.717) is 19.6 Å². The van der Waals surface area contributed by atoms with E-state index in [0.717, 1.165) is 24.3 Å². The second-order valence-electron chi connectivity index (χ2n) is 4.19. The summed E-state index contributed by atoms with van der Waals surface area (Å²) < 4.78 is 5.54. The standard InChI is InChI=1S/C15H22N2O2.ClH/c1-3-11-19-14-8-5-4-7-13(14)12-17-15(18)9-6-10-16-2;/h3-5,7-8,16H,1,6,9-12H2,2H3,(H,17,18);1H. The molecule has 0 aromatic heterocycles. The van der Waals surface area contributed by atoms with Crippen molar-refractivity contribution in [2.24, 2.45) is 0 Å². The van der Waals surface area contributed by atoms with Crippen LogP contribution >= 0.6 is 12.4 Å². The average molecular weight is 299 g/mol. The van der Waals surface area contributed by atoms with Crippen molar-refractivity contribution < 1.29 is 9.53 Å². The Kier molecular flexibility index (Phi) is 10.5. The summed E-state index contributed by atoms with van der Waals surface area (Å²) in [5.74, 6) is 0.853. The predicted molar refractivity (Wildman–Crippen MR) is 84.4 cm³/mol. The summed E-state index contributed by atoms with van der Waals surface area (Å²) in [6.45, 7) is 5.43. The normalized spacial score (nSPS) is 9.45. The number of carbonyl (C=O) groups is 1. The lowest BCUT2D eigenvalue weighted by Gasteiger charge is -2.11. The fraction of sp³-hybridized carbons (Fsp3) is 0.400. The summed E-state index contributed by atoms with van der Waals surface area (Å²) in [6, 6.07) is 7.69. The van der Waals surface area contributed by atoms with Gasteiger partial charge in [-0.2, -0.15) is 0 Å². The van der Waals surface area contributed by atoms with E-state index in [9.17, 15) is 4.79 Å². The minimum Gasteiger partial charge on any atom is -0.489 e. The van der Waals surface area contributed by atoms with E-state index in [1.54, 1.807) is 6.08 Å². The molecule has 5 heteroatoms. The number of carbonyl (C=O) groups excluding carboxylic acids is 1. The molecule has 0 radical (unpaired) electrons. The van der Waals surface area contributed by atoms with Gasteiger partial charge in [0.1, 0.15) is 12.4 Å². The summed E-state index contributed by atoms with van der Waals surface area (Å²) in [7, 11) is 1.88. The van der Waals surface area contributed by atoms with Crippen LogP contribution in [0.1, 0.15) is 18.4 Å². The largest absolute Gasteiger partial charge is 0.489 e. The molecule has 0 aliphatic carbocycles. The Morgan fingerprint density at radius 1 is 1.40 bits per heavy atom. The number of amides is 1. The molecule has 4 nitrogen and oxygen atoms in total. The summed E-state index contributed by atoms with van der Waals surface area (Å²) in [5.41, 5.74) is 0.978. The molecule has 1 rings (SSSR count). The van der Waals surface area contributed by atoms with Crippen molar-refractivity contribution in [1.82, 2.24) is 10.6 Å². The molecule has 1 aromatic carbocycles. The van der Waals surface area contributed by atoms with Gasteiger partial charge in [0.2, 0.25) is 5.91 Å². The van der Waals surface area contributed by atoms with Gasteiger partial charge < -0.3 is 15.4 Å². The van der Waals surface area contributed by atoms with Crippen LogP contribution in [0.15, 0.2) is 36.9 Å². The van der Waals surface area contributed by atoms with Crippen LogP contribution in [0.3, 0.4) is 0 Å². The number of rotatable bonds is 9. The lowest BCUT2D eigenvalue weighted by molar-refractivity contribution is -0.121. The number of para-hydroxylation sites is 1. The van der Waals surface area contributed by atoms with E-state index in [1.165, 1.54) is 0 Å². The highest BCUT2D eigenvalue weighted by molar-refractivity contribution is 5.85. The van der Waals surface area contributed by atoms with Gasteiger partial charge in [-0.3, -0.25) is 4.79 Å². The average Bonchev–Trinajstić information content (AvgIpc) is 2.44. The fourth-order valence-corrected chi connectivity index (χ4v) is 1.65. The predicted octanol–water partition coefficient (Wildman–Crippen LogP) is 2.29. The van der Waals surface area contributed by atoms with Crippen molar-refractivity contribution in [2.75, 3.05) is 20.2 Å². The molecule has 20 heavy (non-hydrogen) atoms. The summed E-state index contributed by atoms with van der Waals surface area (Å²) in [6.07, 6.45) is 3.08. The Bertz CT molecular complexity index is 411. The Morgan fingerprint density at radius 2 is 2.15 bits per heavy atom. The number of ether oxygens (including phenoxy) is 1. The lowest BCUT2D eigenvalue weighted by atomic mass is 10.2. The molecule has 2 N–H and O–H groups in total. The Hall–Kier alpha value is -1.52. The molecular formula is C15H23ClN2O2. The van der Waals surface area contributed by atoms with E-state index in [4.69, 9.17) is 4.74 Å². The Labute approximate surface area is 127 Å². The van der Waals surface area contributed by atoms with Crippen molar-refractivity contribution in [2.45, 2.75) is 19.4 Å². The zero-order valence-electron chi connectivity index (χ0n) is 11.9. The van der Waals surface area contributed by atoms with Gasteiger partial charge in [-0.25, -0.2) is 0 Å². The van der Waals surface area contributed by atoms with Gasteiger partial charge in [0.15, 0.2) is 0 Å². The molecule has 0 spiro atoms. The number of halogens is 1. The number of hydrogen-bond acceptors (Lipinski definition) is 3. The topological polar surface area (TPSA) is 50.4 Å². The van der Waals surface area contributed by atoms with Gasteiger partial charge in [-0.1, -0.05) is 30.9 Å². The van der Waals surface area contributed by atoms with Crippen LogP contribution in [0.25, 0.3) is 0 Å². The second kappa shape index (κ2) is 11.3. The smallest absolute Gasteiger partial charge is 0.220 e. The second-order valence-corrected chi connectivity index (χ2v) is 4.19. The van der Waals surface area contributed by atoms with Crippen molar-refractivity contribution in [1.29, 1.82) is 0 Å². The van der Waals surface area contributed by atoms with Crippen LogP contribution in [0.4, 0.5) is 0 Å². The SMILES string of the molecule is C=CCOc1ccccc1CNC(=O)CCCNC.Cl. The Morgan fingerprint density at radius 3 is 2.85 bits per heavy atom. The van der Waals surface area contributed by atoms with Gasteiger partial charge >= 0.3 is 0 Å². The van der Waals surface area contributed by atoms with Gasteiger partial charge in [0.05, 0.1) is 0 Å². The summed E-state index contributed by atoms with van der Waals surface area (Å²) in [4.78, 5) is 11.6. The monoisotopic (exact) mass is 298 g/mol. The molecule has 0 saturated carbocycles. The van der Waals surface area contributed by atoms with Gasteiger partial charge in [-0.15, -0.1) is 12.4 Å². The third kappa shape index (κ3) is 7.16. The van der Waals surface area contributed by atoms with Crippen molar-refractivity contribution in [3.8, 4) is 5.75 Å². The lowest BCUT2D eigenvalue weighted by Crippen LogP contribution is -2.24. The molecular weight excluding hydrogens is 276 g/mol. The zero-order chi connectivity index (χ0) is 13.9. The third-order valence-corrected chi connectivity index (χ3v) is 2.64. The number of benzene rings is 1. The van der Waals surface area contributed by atoms with E-state index in [1.807, 2.05) is 31.3 Å². The van der Waals surface area contributed by atoms with Crippen LogP contribution in [-0.2, 0) is 11.3 Å². The minimum atomic E-state index is 0. The molecule has 112 valence electrons. The molecule has 0 heterocycles. The molecule has 0 aliphatic heterocycles. The zero-order valence-corrected chi connectivity index (χ0v) is 12.7. The first kappa shape index (κ1) is 18.5. The third-order valence-electron chi connectivity index (χ3n) is 2.64. The van der Waals surface area contributed by atoms with Gasteiger partial charge in [0, 0.05) is 18.5 Å². The van der Waals surface area contributed by atoms with Gasteiger partial charge in [0.25, 0.3) is 0 Å². The maximum Gasteiger partial charge on any atom is 0.220 e. The first-order valence-electron chi connectivity index (χ1n) is 6.50. The van der Waals surface area contributed by atoms with Crippen LogP contribution in [0.2, 0.25) is 0 Å². The number of hydrogen-bond donors (Lipinski definition) is 2. The molecule has 0 atom stereocenters. The maximum absolute atomic E-state index is 11.6. The summed E-state index contributed by atoms with van der Waals surface area (Å²) in [5, 5.41) is 5.92. The first-order valence-corrected chi connectivity index (χ1v) is 6.50. The van der Waals surface area contributed by atoms with E-state index < -0.39 is 0 Å². The highest BCUT2D eigenvalue weighted by Crippen LogP contribution is 2.17. The van der Waals surface area contributed by atoms with Crippen LogP contribution in [0.5, 0.6) is 5.75 Å². The van der Waals surface area contributed by atoms with E-state index in [-0.39, 0.29) is 18.3 Å². The highest BCUT2D eigenvalue weighted by Gasteiger charge is 2.05. The van der Waals surface area contributed by atoms with Crippen molar-refractivity contribution in [3.05, 3.63) is 42.5 Å². The molecule has 0 aliphatic rings. The molecule has 0 bridgehead atoms.